The van der Waals surface area contributed by atoms with E-state index < -0.39 is 0 Å². The molecular formula is C14H17N5OS. The third-order valence-electron chi connectivity index (χ3n) is 4.22. The fourth-order valence-electron chi connectivity index (χ4n) is 3.19. The Kier molecular flexibility index (Phi) is 2.72. The summed E-state index contributed by atoms with van der Waals surface area (Å²) in [6, 6.07) is 4.38. The number of amides is 2. The Bertz CT molecular complexity index is 727. The van der Waals surface area contributed by atoms with Crippen molar-refractivity contribution in [1.29, 1.82) is 0 Å². The molecule has 4 rings (SSSR count). The molecule has 2 saturated heterocycles. The molecule has 2 aliphatic heterocycles. The number of benzene rings is 1. The molecule has 0 bridgehead atoms. The summed E-state index contributed by atoms with van der Waals surface area (Å²) in [5.74, 6) is 0. The number of aromatic nitrogens is 1. The van der Waals surface area contributed by atoms with Gasteiger partial charge in [-0.3, -0.25) is 0 Å². The van der Waals surface area contributed by atoms with Crippen molar-refractivity contribution in [2.45, 2.75) is 13.0 Å². The van der Waals surface area contributed by atoms with Crippen LogP contribution in [-0.2, 0) is 0 Å². The van der Waals surface area contributed by atoms with Gasteiger partial charge in [-0.05, 0) is 19.1 Å². The molecule has 1 aromatic heterocycles. The summed E-state index contributed by atoms with van der Waals surface area (Å²) in [6.07, 6.45) is 0. The Balaban J connectivity index is 1.67. The van der Waals surface area contributed by atoms with Crippen molar-refractivity contribution >= 4 is 39.0 Å². The first-order valence-corrected chi connectivity index (χ1v) is 7.89. The highest BCUT2D eigenvalue weighted by Crippen LogP contribution is 2.33. The van der Waals surface area contributed by atoms with Crippen molar-refractivity contribution < 1.29 is 4.79 Å². The molecule has 21 heavy (non-hydrogen) atoms. The largest absolute Gasteiger partial charge is 0.397 e. The lowest BCUT2D eigenvalue weighted by molar-refractivity contribution is 0.198. The maximum Gasteiger partial charge on any atom is 0.317 e. The summed E-state index contributed by atoms with van der Waals surface area (Å²) in [5.41, 5.74) is 9.06. The number of fused-ring (bicyclic) bond motifs is 2. The molecular weight excluding hydrogens is 286 g/mol. The quantitative estimate of drug-likeness (QED) is 0.781. The second kappa shape index (κ2) is 4.49. The van der Waals surface area contributed by atoms with Crippen LogP contribution in [0.1, 0.15) is 5.01 Å². The molecule has 0 spiro atoms. The van der Waals surface area contributed by atoms with Crippen LogP contribution in [0.25, 0.3) is 10.2 Å². The molecule has 2 aromatic rings. The fraction of sp³-hybridized carbons (Fsp3) is 0.429. The van der Waals surface area contributed by atoms with Crippen LogP contribution in [0.5, 0.6) is 0 Å². The number of nitrogens with two attached hydrogens (primary N) is 1. The van der Waals surface area contributed by atoms with E-state index in [-0.39, 0.29) is 12.1 Å². The van der Waals surface area contributed by atoms with E-state index in [4.69, 9.17) is 5.73 Å². The molecule has 2 amide bonds. The Morgan fingerprint density at radius 1 is 1.43 bits per heavy atom. The standard InChI is InChI=1S/C14H17N5OS/c1-8-17-11-5-12(10(15)4-13(11)21-8)18-2-3-19-9(7-18)6-16-14(19)20/h4-5,9H,2-3,6-7,15H2,1H3,(H,16,20). The van der Waals surface area contributed by atoms with Crippen LogP contribution < -0.4 is 16.0 Å². The number of nitrogen functional groups attached to an aromatic ring is 1. The van der Waals surface area contributed by atoms with Gasteiger partial charge in [-0.15, -0.1) is 11.3 Å². The predicted octanol–water partition coefficient (Wildman–Crippen LogP) is 1.40. The Labute approximate surface area is 126 Å². The summed E-state index contributed by atoms with van der Waals surface area (Å²) in [4.78, 5) is 20.4. The molecule has 1 atom stereocenters. The smallest absolute Gasteiger partial charge is 0.317 e. The maximum absolute atomic E-state index is 11.7. The summed E-state index contributed by atoms with van der Waals surface area (Å²) in [5, 5.41) is 3.95. The maximum atomic E-state index is 11.7. The lowest BCUT2D eigenvalue weighted by Crippen LogP contribution is -2.52. The van der Waals surface area contributed by atoms with E-state index in [0.29, 0.717) is 6.54 Å². The summed E-state index contributed by atoms with van der Waals surface area (Å²) < 4.78 is 1.13. The van der Waals surface area contributed by atoms with Gasteiger partial charge < -0.3 is 20.9 Å². The molecule has 7 heteroatoms. The minimum absolute atomic E-state index is 0.0539. The molecule has 6 nitrogen and oxygen atoms in total. The summed E-state index contributed by atoms with van der Waals surface area (Å²) >= 11 is 1.66. The number of hydrogen-bond acceptors (Lipinski definition) is 5. The van der Waals surface area contributed by atoms with Crippen LogP contribution in [0.15, 0.2) is 12.1 Å². The van der Waals surface area contributed by atoms with Crippen molar-refractivity contribution in [3.63, 3.8) is 0 Å². The number of anilines is 2. The Morgan fingerprint density at radius 3 is 3.14 bits per heavy atom. The first-order valence-electron chi connectivity index (χ1n) is 7.08. The van der Waals surface area contributed by atoms with Gasteiger partial charge in [-0.25, -0.2) is 9.78 Å². The van der Waals surface area contributed by atoms with Gasteiger partial charge in [0, 0.05) is 26.2 Å². The second-order valence-corrected chi connectivity index (χ2v) is 6.83. The first kappa shape index (κ1) is 12.7. The number of carbonyl (C=O) groups is 1. The molecule has 0 saturated carbocycles. The van der Waals surface area contributed by atoms with Crippen molar-refractivity contribution in [2.24, 2.45) is 0 Å². The van der Waals surface area contributed by atoms with Gasteiger partial charge in [0.15, 0.2) is 0 Å². The van der Waals surface area contributed by atoms with Gasteiger partial charge in [-0.2, -0.15) is 0 Å². The van der Waals surface area contributed by atoms with Crippen LogP contribution in [0.2, 0.25) is 0 Å². The number of hydrogen-bond donors (Lipinski definition) is 2. The van der Waals surface area contributed by atoms with E-state index in [2.05, 4.69) is 21.3 Å². The molecule has 110 valence electrons. The molecule has 1 unspecified atom stereocenters. The number of thiazole rings is 1. The van der Waals surface area contributed by atoms with Crippen LogP contribution >= 0.6 is 11.3 Å². The zero-order valence-electron chi connectivity index (χ0n) is 11.8. The molecule has 1 aromatic carbocycles. The summed E-state index contributed by atoms with van der Waals surface area (Å²) in [6.45, 7) is 5.09. The highest BCUT2D eigenvalue weighted by Gasteiger charge is 2.35. The normalized spacial score (nSPS) is 21.8. The van der Waals surface area contributed by atoms with E-state index in [1.165, 1.54) is 0 Å². The van der Waals surface area contributed by atoms with Gasteiger partial charge in [0.25, 0.3) is 0 Å². The van der Waals surface area contributed by atoms with Crippen LogP contribution in [0.3, 0.4) is 0 Å². The average molecular weight is 303 g/mol. The molecule has 0 aliphatic carbocycles. The predicted molar refractivity (Wildman–Crippen MR) is 84.9 cm³/mol. The molecule has 2 aliphatic rings. The molecule has 3 heterocycles. The van der Waals surface area contributed by atoms with Crippen molar-refractivity contribution in [3.05, 3.63) is 17.1 Å². The van der Waals surface area contributed by atoms with E-state index in [1.807, 2.05) is 17.9 Å². The number of aryl methyl sites for hydroxylation is 1. The van der Waals surface area contributed by atoms with E-state index in [1.54, 1.807) is 11.3 Å². The minimum Gasteiger partial charge on any atom is -0.397 e. The fourth-order valence-corrected chi connectivity index (χ4v) is 4.05. The van der Waals surface area contributed by atoms with E-state index in [0.717, 1.165) is 46.2 Å². The SMILES string of the molecule is Cc1nc2cc(N3CCN4C(=O)NCC4C3)c(N)cc2s1. The number of rotatable bonds is 1. The third kappa shape index (κ3) is 1.99. The number of piperazine rings is 1. The highest BCUT2D eigenvalue weighted by molar-refractivity contribution is 7.18. The van der Waals surface area contributed by atoms with Gasteiger partial charge in [0.1, 0.15) is 0 Å². The van der Waals surface area contributed by atoms with Gasteiger partial charge in [0.2, 0.25) is 0 Å². The Hall–Kier alpha value is -2.02. The van der Waals surface area contributed by atoms with Crippen molar-refractivity contribution in [2.75, 3.05) is 36.8 Å². The number of urea groups is 1. The van der Waals surface area contributed by atoms with Gasteiger partial charge in [-0.1, -0.05) is 0 Å². The number of nitrogens with one attached hydrogen (secondary N) is 1. The zero-order valence-corrected chi connectivity index (χ0v) is 12.6. The molecule has 0 radical (unpaired) electrons. The third-order valence-corrected chi connectivity index (χ3v) is 5.15. The lowest BCUT2D eigenvalue weighted by atomic mass is 10.1. The Morgan fingerprint density at radius 2 is 2.29 bits per heavy atom. The van der Waals surface area contributed by atoms with Crippen molar-refractivity contribution in [1.82, 2.24) is 15.2 Å². The zero-order chi connectivity index (χ0) is 14.6. The van der Waals surface area contributed by atoms with Crippen LogP contribution in [-0.4, -0.2) is 48.1 Å². The minimum atomic E-state index is 0.0539. The van der Waals surface area contributed by atoms with E-state index in [9.17, 15) is 4.79 Å². The number of carbonyl (C=O) groups excluding carboxylic acids is 1. The number of nitrogens with zero attached hydrogens (tertiary/aromatic N) is 3. The second-order valence-electron chi connectivity index (χ2n) is 5.59. The topological polar surface area (TPSA) is 74.5 Å². The first-order chi connectivity index (χ1) is 10.1. The average Bonchev–Trinajstić information content (AvgIpc) is 3.00. The summed E-state index contributed by atoms with van der Waals surface area (Å²) in [7, 11) is 0. The monoisotopic (exact) mass is 303 g/mol. The molecule has 3 N–H and O–H groups in total. The van der Waals surface area contributed by atoms with E-state index >= 15 is 0 Å². The van der Waals surface area contributed by atoms with Crippen LogP contribution in [0, 0.1) is 6.92 Å². The van der Waals surface area contributed by atoms with Gasteiger partial charge >= 0.3 is 6.03 Å². The van der Waals surface area contributed by atoms with Crippen LogP contribution in [0.4, 0.5) is 16.2 Å². The lowest BCUT2D eigenvalue weighted by Gasteiger charge is -2.38. The molecule has 2 fully saturated rings. The van der Waals surface area contributed by atoms with Crippen molar-refractivity contribution in [3.8, 4) is 0 Å². The van der Waals surface area contributed by atoms with Gasteiger partial charge in [0.05, 0.1) is 32.6 Å². The highest BCUT2D eigenvalue weighted by atomic mass is 32.1.